The van der Waals surface area contributed by atoms with Crippen molar-refractivity contribution in [2.24, 2.45) is 0 Å². The van der Waals surface area contributed by atoms with Gasteiger partial charge in [-0.3, -0.25) is 9.59 Å². The van der Waals surface area contributed by atoms with E-state index < -0.39 is 5.41 Å². The highest BCUT2D eigenvalue weighted by Crippen LogP contribution is 2.49. The number of ketones is 1. The molecule has 4 nitrogen and oxygen atoms in total. The lowest BCUT2D eigenvalue weighted by Gasteiger charge is -2.14. The minimum Gasteiger partial charge on any atom is -0.489 e. The van der Waals surface area contributed by atoms with Crippen LogP contribution < -0.4 is 4.74 Å². The predicted molar refractivity (Wildman–Crippen MR) is 115 cm³/mol. The first-order chi connectivity index (χ1) is 14.6. The SMILES string of the molecule is COC(=O)C1(c2ccc(COc3cccc(CC(=O)c4ccccc4)c3)cc2)CC1. The topological polar surface area (TPSA) is 52.6 Å². The van der Waals surface area contributed by atoms with Crippen molar-refractivity contribution in [1.82, 2.24) is 0 Å². The fraction of sp³-hybridized carbons (Fsp3) is 0.231. The molecule has 0 radical (unpaired) electrons. The third kappa shape index (κ3) is 4.28. The van der Waals surface area contributed by atoms with Gasteiger partial charge in [-0.1, -0.05) is 66.7 Å². The van der Waals surface area contributed by atoms with Crippen LogP contribution in [0.1, 0.15) is 39.9 Å². The van der Waals surface area contributed by atoms with Crippen LogP contribution in [-0.4, -0.2) is 18.9 Å². The van der Waals surface area contributed by atoms with Crippen LogP contribution in [-0.2, 0) is 28.0 Å². The Labute approximate surface area is 176 Å². The van der Waals surface area contributed by atoms with Crippen LogP contribution in [0.15, 0.2) is 78.9 Å². The third-order valence-electron chi connectivity index (χ3n) is 5.60. The number of esters is 1. The Balaban J connectivity index is 1.37. The molecule has 0 unspecified atom stereocenters. The highest BCUT2D eigenvalue weighted by molar-refractivity contribution is 5.97. The fourth-order valence-corrected chi connectivity index (χ4v) is 3.67. The van der Waals surface area contributed by atoms with Gasteiger partial charge in [0.1, 0.15) is 12.4 Å². The average molecular weight is 400 g/mol. The van der Waals surface area contributed by atoms with E-state index in [1.807, 2.05) is 78.9 Å². The molecule has 0 spiro atoms. The van der Waals surface area contributed by atoms with Crippen LogP contribution in [0.5, 0.6) is 5.75 Å². The molecule has 0 bridgehead atoms. The number of rotatable bonds is 8. The summed E-state index contributed by atoms with van der Waals surface area (Å²) < 4.78 is 10.9. The molecular formula is C26H24O4. The number of carbonyl (C=O) groups is 2. The summed E-state index contributed by atoms with van der Waals surface area (Å²) in [4.78, 5) is 24.4. The highest BCUT2D eigenvalue weighted by Gasteiger charge is 2.52. The van der Waals surface area contributed by atoms with E-state index in [1.165, 1.54) is 7.11 Å². The van der Waals surface area contributed by atoms with Gasteiger partial charge in [0.15, 0.2) is 5.78 Å². The second-order valence-electron chi connectivity index (χ2n) is 7.67. The second-order valence-corrected chi connectivity index (χ2v) is 7.67. The molecule has 3 aromatic rings. The van der Waals surface area contributed by atoms with Gasteiger partial charge in [-0.15, -0.1) is 0 Å². The summed E-state index contributed by atoms with van der Waals surface area (Å²) >= 11 is 0. The smallest absolute Gasteiger partial charge is 0.316 e. The summed E-state index contributed by atoms with van der Waals surface area (Å²) in [6.07, 6.45) is 2.01. The number of benzene rings is 3. The van der Waals surface area contributed by atoms with Gasteiger partial charge in [0, 0.05) is 12.0 Å². The Kier molecular flexibility index (Phi) is 5.66. The van der Waals surface area contributed by atoms with Crippen molar-refractivity contribution in [3.63, 3.8) is 0 Å². The van der Waals surface area contributed by atoms with E-state index in [4.69, 9.17) is 9.47 Å². The largest absolute Gasteiger partial charge is 0.489 e. The summed E-state index contributed by atoms with van der Waals surface area (Å²) in [6.45, 7) is 0.418. The van der Waals surface area contributed by atoms with Crippen molar-refractivity contribution in [3.05, 3.63) is 101 Å². The molecule has 4 heteroatoms. The minimum atomic E-state index is -0.451. The zero-order valence-electron chi connectivity index (χ0n) is 17.0. The average Bonchev–Trinajstić information content (AvgIpc) is 3.60. The zero-order chi connectivity index (χ0) is 21.0. The lowest BCUT2D eigenvalue weighted by atomic mass is 9.95. The number of methoxy groups -OCH3 is 1. The molecule has 1 aliphatic carbocycles. The first kappa shape index (κ1) is 19.9. The number of hydrogen-bond donors (Lipinski definition) is 0. The molecule has 1 saturated carbocycles. The lowest BCUT2D eigenvalue weighted by molar-refractivity contribution is -0.143. The molecular weight excluding hydrogens is 376 g/mol. The Morgan fingerprint density at radius 3 is 2.27 bits per heavy atom. The molecule has 0 aromatic heterocycles. The van der Waals surface area contributed by atoms with E-state index in [2.05, 4.69) is 0 Å². The van der Waals surface area contributed by atoms with Crippen molar-refractivity contribution >= 4 is 11.8 Å². The van der Waals surface area contributed by atoms with E-state index in [0.29, 0.717) is 18.6 Å². The van der Waals surface area contributed by atoms with Gasteiger partial charge in [0.25, 0.3) is 0 Å². The van der Waals surface area contributed by atoms with Crippen LogP contribution in [0.2, 0.25) is 0 Å². The van der Waals surface area contributed by atoms with E-state index >= 15 is 0 Å². The van der Waals surface area contributed by atoms with Crippen molar-refractivity contribution in [3.8, 4) is 5.75 Å². The quantitative estimate of drug-likeness (QED) is 0.399. The van der Waals surface area contributed by atoms with E-state index in [-0.39, 0.29) is 11.8 Å². The molecule has 0 saturated heterocycles. The Morgan fingerprint density at radius 1 is 0.867 bits per heavy atom. The van der Waals surface area contributed by atoms with E-state index in [1.54, 1.807) is 0 Å². The van der Waals surface area contributed by atoms with Gasteiger partial charge < -0.3 is 9.47 Å². The van der Waals surface area contributed by atoms with Crippen molar-refractivity contribution < 1.29 is 19.1 Å². The Morgan fingerprint density at radius 2 is 1.60 bits per heavy atom. The number of Topliss-reactive ketones (excluding diaryl/α,β-unsaturated/α-hetero) is 1. The molecule has 152 valence electrons. The predicted octanol–water partition coefficient (Wildman–Crippen LogP) is 4.90. The monoisotopic (exact) mass is 400 g/mol. The molecule has 30 heavy (non-hydrogen) atoms. The first-order valence-electron chi connectivity index (χ1n) is 10.1. The van der Waals surface area contributed by atoms with Crippen molar-refractivity contribution in [1.29, 1.82) is 0 Å². The van der Waals surface area contributed by atoms with Gasteiger partial charge in [0.05, 0.1) is 12.5 Å². The summed E-state index contributed by atoms with van der Waals surface area (Å²) in [7, 11) is 1.44. The maximum atomic E-state index is 12.4. The normalized spacial score (nSPS) is 14.0. The molecule has 0 heterocycles. The van der Waals surface area contributed by atoms with Gasteiger partial charge in [-0.25, -0.2) is 0 Å². The molecule has 0 atom stereocenters. The molecule has 3 aromatic carbocycles. The van der Waals surface area contributed by atoms with Crippen LogP contribution >= 0.6 is 0 Å². The van der Waals surface area contributed by atoms with Crippen molar-refractivity contribution in [2.45, 2.75) is 31.3 Å². The van der Waals surface area contributed by atoms with E-state index in [0.717, 1.165) is 35.3 Å². The fourth-order valence-electron chi connectivity index (χ4n) is 3.67. The lowest BCUT2D eigenvalue weighted by Crippen LogP contribution is -2.21. The van der Waals surface area contributed by atoms with Crippen LogP contribution in [0.25, 0.3) is 0 Å². The van der Waals surface area contributed by atoms with Crippen molar-refractivity contribution in [2.75, 3.05) is 7.11 Å². The van der Waals surface area contributed by atoms with Gasteiger partial charge in [-0.2, -0.15) is 0 Å². The molecule has 1 fully saturated rings. The summed E-state index contributed by atoms with van der Waals surface area (Å²) in [5, 5.41) is 0. The van der Waals surface area contributed by atoms with Gasteiger partial charge in [-0.05, 0) is 41.7 Å². The molecule has 0 amide bonds. The summed E-state index contributed by atoms with van der Waals surface area (Å²) in [6, 6.07) is 24.9. The number of hydrogen-bond acceptors (Lipinski definition) is 4. The van der Waals surface area contributed by atoms with Crippen LogP contribution in [0.3, 0.4) is 0 Å². The Bertz CT molecular complexity index is 1030. The Hall–Kier alpha value is -3.40. The summed E-state index contributed by atoms with van der Waals surface area (Å²) in [5.74, 6) is 0.655. The highest BCUT2D eigenvalue weighted by atomic mass is 16.5. The molecule has 4 rings (SSSR count). The summed E-state index contributed by atoms with van der Waals surface area (Å²) in [5.41, 5.74) is 3.20. The second kappa shape index (κ2) is 8.54. The maximum Gasteiger partial charge on any atom is 0.316 e. The molecule has 0 N–H and O–H groups in total. The standard InChI is InChI=1S/C26H24O4/c1-29-25(28)26(14-15-26)22-12-10-19(11-13-22)18-30-23-9-5-6-20(16-23)17-24(27)21-7-3-2-4-8-21/h2-13,16H,14-15,17-18H2,1H3. The first-order valence-corrected chi connectivity index (χ1v) is 10.1. The molecule has 1 aliphatic rings. The third-order valence-corrected chi connectivity index (χ3v) is 5.60. The maximum absolute atomic E-state index is 12.4. The van der Waals surface area contributed by atoms with Crippen LogP contribution in [0.4, 0.5) is 0 Å². The van der Waals surface area contributed by atoms with Gasteiger partial charge in [0.2, 0.25) is 0 Å². The van der Waals surface area contributed by atoms with E-state index in [9.17, 15) is 9.59 Å². The number of carbonyl (C=O) groups excluding carboxylic acids is 2. The number of ether oxygens (including phenoxy) is 2. The van der Waals surface area contributed by atoms with Crippen LogP contribution in [0, 0.1) is 0 Å². The van der Waals surface area contributed by atoms with Gasteiger partial charge >= 0.3 is 5.97 Å². The zero-order valence-corrected chi connectivity index (χ0v) is 17.0. The minimum absolute atomic E-state index is 0.0861. The molecule has 0 aliphatic heterocycles.